The molecule has 0 aromatic heterocycles. The second-order valence-electron chi connectivity index (χ2n) is 7.35. The molecule has 0 unspecified atom stereocenters. The van der Waals surface area contributed by atoms with E-state index in [0.29, 0.717) is 16.5 Å². The first kappa shape index (κ1) is 20.1. The van der Waals surface area contributed by atoms with Gasteiger partial charge in [-0.05, 0) is 53.6 Å². The third-order valence-corrected chi connectivity index (χ3v) is 5.52. The van der Waals surface area contributed by atoms with Gasteiger partial charge in [0.05, 0.1) is 23.2 Å². The Kier molecular flexibility index (Phi) is 5.03. The van der Waals surface area contributed by atoms with Gasteiger partial charge in [0, 0.05) is 5.02 Å². The molecular formula is C24H16ClNO6. The standard InChI is InChI=1S/C24H16ClNO6/c25-17-5-1-14(2-6-17)12-30-24(29)16-4-7-18-19(10-16)23(28)26(22(18)27)11-15-3-8-20-21(9-15)32-13-31-20/h1-10H,11-13H2. The van der Waals surface area contributed by atoms with Crippen LogP contribution < -0.4 is 9.47 Å². The molecule has 2 amide bonds. The van der Waals surface area contributed by atoms with Crippen LogP contribution in [0.3, 0.4) is 0 Å². The van der Waals surface area contributed by atoms with E-state index in [9.17, 15) is 14.4 Å². The lowest BCUT2D eigenvalue weighted by Gasteiger charge is -2.14. The summed E-state index contributed by atoms with van der Waals surface area (Å²) in [5.41, 5.74) is 2.14. The lowest BCUT2D eigenvalue weighted by molar-refractivity contribution is 0.0472. The summed E-state index contributed by atoms with van der Waals surface area (Å²) in [5.74, 6) is -0.265. The van der Waals surface area contributed by atoms with Crippen LogP contribution in [0.2, 0.25) is 5.02 Å². The average Bonchev–Trinajstić information content (AvgIpc) is 3.36. The van der Waals surface area contributed by atoms with Crippen LogP contribution in [0.25, 0.3) is 0 Å². The number of nitrogens with zero attached hydrogens (tertiary/aromatic N) is 1. The largest absolute Gasteiger partial charge is 0.457 e. The van der Waals surface area contributed by atoms with Crippen LogP contribution in [-0.4, -0.2) is 29.5 Å². The van der Waals surface area contributed by atoms with Crippen molar-refractivity contribution in [2.45, 2.75) is 13.2 Å². The van der Waals surface area contributed by atoms with E-state index in [1.165, 1.54) is 18.2 Å². The fourth-order valence-electron chi connectivity index (χ4n) is 3.60. The van der Waals surface area contributed by atoms with Crippen molar-refractivity contribution in [1.82, 2.24) is 4.90 Å². The minimum atomic E-state index is -0.586. The Morgan fingerprint density at radius 1 is 0.875 bits per heavy atom. The molecule has 32 heavy (non-hydrogen) atoms. The summed E-state index contributed by atoms with van der Waals surface area (Å²) in [5, 5.41) is 0.590. The molecule has 5 rings (SSSR count). The highest BCUT2D eigenvalue weighted by molar-refractivity contribution is 6.30. The molecule has 2 aliphatic rings. The van der Waals surface area contributed by atoms with Gasteiger partial charge in [0.2, 0.25) is 6.79 Å². The molecule has 160 valence electrons. The maximum atomic E-state index is 12.9. The van der Waals surface area contributed by atoms with Gasteiger partial charge < -0.3 is 14.2 Å². The van der Waals surface area contributed by atoms with Crippen molar-refractivity contribution in [3.8, 4) is 11.5 Å². The third-order valence-electron chi connectivity index (χ3n) is 5.27. The zero-order valence-electron chi connectivity index (χ0n) is 16.7. The fourth-order valence-corrected chi connectivity index (χ4v) is 3.72. The summed E-state index contributed by atoms with van der Waals surface area (Å²) >= 11 is 5.85. The van der Waals surface area contributed by atoms with Crippen molar-refractivity contribution < 1.29 is 28.6 Å². The molecule has 0 N–H and O–H groups in total. The van der Waals surface area contributed by atoms with Gasteiger partial charge in [-0.3, -0.25) is 14.5 Å². The Labute approximate surface area is 188 Å². The zero-order chi connectivity index (χ0) is 22.2. The molecule has 0 bridgehead atoms. The van der Waals surface area contributed by atoms with Crippen molar-refractivity contribution in [2.75, 3.05) is 6.79 Å². The minimum Gasteiger partial charge on any atom is -0.457 e. The first-order chi connectivity index (χ1) is 15.5. The van der Waals surface area contributed by atoms with E-state index in [4.69, 9.17) is 25.8 Å². The van der Waals surface area contributed by atoms with Gasteiger partial charge in [-0.2, -0.15) is 0 Å². The molecule has 3 aromatic rings. The Hall–Kier alpha value is -3.84. The molecule has 0 saturated heterocycles. The molecule has 2 heterocycles. The average molecular weight is 450 g/mol. The van der Waals surface area contributed by atoms with Gasteiger partial charge in [0.25, 0.3) is 11.8 Å². The van der Waals surface area contributed by atoms with Crippen LogP contribution in [0.4, 0.5) is 0 Å². The van der Waals surface area contributed by atoms with Crippen LogP contribution in [0.1, 0.15) is 42.2 Å². The highest BCUT2D eigenvalue weighted by Crippen LogP contribution is 2.34. The number of carbonyl (C=O) groups excluding carboxylic acids is 3. The number of rotatable bonds is 5. The van der Waals surface area contributed by atoms with Crippen molar-refractivity contribution in [3.63, 3.8) is 0 Å². The highest BCUT2D eigenvalue weighted by atomic mass is 35.5. The van der Waals surface area contributed by atoms with Gasteiger partial charge in [-0.15, -0.1) is 0 Å². The predicted molar refractivity (Wildman–Crippen MR) is 114 cm³/mol. The normalized spacial score (nSPS) is 14.0. The molecule has 8 heteroatoms. The maximum Gasteiger partial charge on any atom is 0.338 e. The lowest BCUT2D eigenvalue weighted by Crippen LogP contribution is -2.29. The first-order valence-corrected chi connectivity index (χ1v) is 10.2. The van der Waals surface area contributed by atoms with E-state index < -0.39 is 17.8 Å². The number of carbonyl (C=O) groups is 3. The SMILES string of the molecule is O=C(OCc1ccc(Cl)cc1)c1ccc2c(c1)C(=O)N(Cc1ccc3c(c1)OCO3)C2=O. The van der Waals surface area contributed by atoms with Crippen molar-refractivity contribution in [2.24, 2.45) is 0 Å². The fraction of sp³-hybridized carbons (Fsp3) is 0.125. The van der Waals surface area contributed by atoms with Crippen LogP contribution in [-0.2, 0) is 17.9 Å². The summed E-state index contributed by atoms with van der Waals surface area (Å²) in [7, 11) is 0. The van der Waals surface area contributed by atoms with Gasteiger partial charge in [0.1, 0.15) is 6.61 Å². The number of hydrogen-bond donors (Lipinski definition) is 0. The topological polar surface area (TPSA) is 82.1 Å². The molecule has 0 fully saturated rings. The Balaban J connectivity index is 1.31. The van der Waals surface area contributed by atoms with Crippen molar-refractivity contribution >= 4 is 29.4 Å². The first-order valence-electron chi connectivity index (χ1n) is 9.80. The van der Waals surface area contributed by atoms with Gasteiger partial charge in [-0.25, -0.2) is 4.79 Å². The molecule has 0 radical (unpaired) electrons. The molecule has 0 atom stereocenters. The van der Waals surface area contributed by atoms with E-state index in [0.717, 1.165) is 16.0 Å². The number of halogens is 1. The van der Waals surface area contributed by atoms with E-state index >= 15 is 0 Å². The van der Waals surface area contributed by atoms with Gasteiger partial charge in [-0.1, -0.05) is 29.8 Å². The second-order valence-corrected chi connectivity index (χ2v) is 7.78. The van der Waals surface area contributed by atoms with Gasteiger partial charge >= 0.3 is 5.97 Å². The van der Waals surface area contributed by atoms with Crippen LogP contribution >= 0.6 is 11.6 Å². The lowest BCUT2D eigenvalue weighted by atomic mass is 10.1. The Morgan fingerprint density at radius 2 is 1.59 bits per heavy atom. The van der Waals surface area contributed by atoms with Crippen LogP contribution in [0, 0.1) is 0 Å². The van der Waals surface area contributed by atoms with Crippen molar-refractivity contribution in [3.05, 3.63) is 93.5 Å². The molecule has 3 aromatic carbocycles. The Bertz CT molecular complexity index is 1250. The summed E-state index contributed by atoms with van der Waals surface area (Å²) in [6.45, 7) is 0.290. The number of esters is 1. The van der Waals surface area contributed by atoms with E-state index in [1.807, 2.05) is 0 Å². The molecule has 0 saturated carbocycles. The maximum absolute atomic E-state index is 12.9. The number of benzene rings is 3. The van der Waals surface area contributed by atoms with Crippen LogP contribution in [0.15, 0.2) is 60.7 Å². The van der Waals surface area contributed by atoms with Gasteiger partial charge in [0.15, 0.2) is 11.5 Å². The number of imide groups is 1. The molecule has 7 nitrogen and oxygen atoms in total. The zero-order valence-corrected chi connectivity index (χ0v) is 17.4. The summed E-state index contributed by atoms with van der Waals surface area (Å²) in [6.07, 6.45) is 0. The monoisotopic (exact) mass is 449 g/mol. The summed E-state index contributed by atoms with van der Waals surface area (Å²) < 4.78 is 16.0. The summed E-state index contributed by atoms with van der Waals surface area (Å²) in [4.78, 5) is 39.3. The molecular weight excluding hydrogens is 434 g/mol. The number of ether oxygens (including phenoxy) is 3. The van der Waals surface area contributed by atoms with Crippen LogP contribution in [0.5, 0.6) is 11.5 Å². The minimum absolute atomic E-state index is 0.0657. The second kappa shape index (κ2) is 8.01. The summed E-state index contributed by atoms with van der Waals surface area (Å²) in [6, 6.07) is 16.6. The highest BCUT2D eigenvalue weighted by Gasteiger charge is 2.36. The Morgan fingerprint density at radius 3 is 2.41 bits per heavy atom. The smallest absolute Gasteiger partial charge is 0.338 e. The van der Waals surface area contributed by atoms with E-state index in [2.05, 4.69) is 0 Å². The number of fused-ring (bicyclic) bond motifs is 2. The molecule has 2 aliphatic heterocycles. The predicted octanol–water partition coefficient (Wildman–Crippen LogP) is 4.22. The third kappa shape index (κ3) is 3.67. The number of hydrogen-bond acceptors (Lipinski definition) is 6. The van der Waals surface area contributed by atoms with E-state index in [1.54, 1.807) is 42.5 Å². The quantitative estimate of drug-likeness (QED) is 0.428. The van der Waals surface area contributed by atoms with Crippen molar-refractivity contribution in [1.29, 1.82) is 0 Å². The molecule has 0 spiro atoms. The van der Waals surface area contributed by atoms with E-state index in [-0.39, 0.29) is 36.6 Å². The number of amides is 2. The molecule has 0 aliphatic carbocycles.